The molecule has 0 aliphatic carbocycles. The third kappa shape index (κ3) is 3.42. The molecule has 1 aromatic heterocycles. The van der Waals surface area contributed by atoms with Gasteiger partial charge >= 0.3 is 0 Å². The number of ether oxygens (including phenoxy) is 1. The molecule has 24 heavy (non-hydrogen) atoms. The molecule has 0 spiro atoms. The van der Waals surface area contributed by atoms with Crippen LogP contribution in [0.3, 0.4) is 0 Å². The summed E-state index contributed by atoms with van der Waals surface area (Å²) >= 11 is 4.98. The molecule has 2 aromatic carbocycles. The van der Waals surface area contributed by atoms with Crippen molar-refractivity contribution in [1.29, 1.82) is 5.26 Å². The van der Waals surface area contributed by atoms with E-state index in [2.05, 4.69) is 9.97 Å². The molecule has 2 N–H and O–H groups in total. The van der Waals surface area contributed by atoms with Gasteiger partial charge in [-0.1, -0.05) is 42.5 Å². The van der Waals surface area contributed by atoms with Crippen LogP contribution >= 0.6 is 12.2 Å². The van der Waals surface area contributed by atoms with Gasteiger partial charge in [-0.2, -0.15) is 5.26 Å². The van der Waals surface area contributed by atoms with Crippen molar-refractivity contribution >= 4 is 12.2 Å². The maximum absolute atomic E-state index is 11.8. The van der Waals surface area contributed by atoms with Crippen LogP contribution in [-0.4, -0.2) is 9.97 Å². The molecule has 0 unspecified atom stereocenters. The molecule has 0 radical (unpaired) electrons. The summed E-state index contributed by atoms with van der Waals surface area (Å²) in [7, 11) is 0. The number of hydrogen-bond donors (Lipinski definition) is 2. The molecule has 0 saturated heterocycles. The summed E-state index contributed by atoms with van der Waals surface area (Å²) in [6, 6.07) is 18.9. The molecule has 0 amide bonds. The van der Waals surface area contributed by atoms with E-state index in [9.17, 15) is 10.1 Å². The highest BCUT2D eigenvalue weighted by molar-refractivity contribution is 7.71. The Morgan fingerprint density at radius 2 is 1.75 bits per heavy atom. The van der Waals surface area contributed by atoms with Crippen molar-refractivity contribution in [3.05, 3.63) is 80.8 Å². The summed E-state index contributed by atoms with van der Waals surface area (Å²) in [6.45, 7) is 0.431. The lowest BCUT2D eigenvalue weighted by Gasteiger charge is -2.08. The number of nitriles is 1. The first-order valence-electron chi connectivity index (χ1n) is 7.21. The number of rotatable bonds is 4. The van der Waals surface area contributed by atoms with Gasteiger partial charge in [0.2, 0.25) is 0 Å². The van der Waals surface area contributed by atoms with Crippen LogP contribution in [0.4, 0.5) is 0 Å². The summed E-state index contributed by atoms with van der Waals surface area (Å²) in [5.74, 6) is 0.798. The molecule has 0 aliphatic heterocycles. The second-order valence-electron chi connectivity index (χ2n) is 5.07. The fraction of sp³-hybridized carbons (Fsp3) is 0.0556. The van der Waals surface area contributed by atoms with Gasteiger partial charge in [-0.05, 0) is 35.5 Å². The summed E-state index contributed by atoms with van der Waals surface area (Å²) in [4.78, 5) is 17.1. The molecule has 0 saturated carbocycles. The lowest BCUT2D eigenvalue weighted by Crippen LogP contribution is -2.13. The van der Waals surface area contributed by atoms with E-state index in [1.807, 2.05) is 60.7 Å². The predicted octanol–water partition coefficient (Wildman–Crippen LogP) is 3.55. The van der Waals surface area contributed by atoms with E-state index in [0.29, 0.717) is 17.9 Å². The van der Waals surface area contributed by atoms with E-state index >= 15 is 0 Å². The van der Waals surface area contributed by atoms with Gasteiger partial charge in [-0.15, -0.1) is 0 Å². The second-order valence-corrected chi connectivity index (χ2v) is 5.48. The number of nitrogens with one attached hydrogen (secondary N) is 2. The minimum absolute atomic E-state index is 0.0110. The number of para-hydroxylation sites is 1. The minimum Gasteiger partial charge on any atom is -0.489 e. The van der Waals surface area contributed by atoms with Crippen molar-refractivity contribution in [2.45, 2.75) is 6.61 Å². The average Bonchev–Trinajstić information content (AvgIpc) is 2.61. The Balaban J connectivity index is 1.84. The van der Waals surface area contributed by atoms with E-state index in [1.165, 1.54) is 0 Å². The number of aromatic nitrogens is 2. The lowest BCUT2D eigenvalue weighted by atomic mass is 10.1. The average molecular weight is 335 g/mol. The third-order valence-corrected chi connectivity index (χ3v) is 3.65. The molecule has 0 fully saturated rings. The molecule has 118 valence electrons. The van der Waals surface area contributed by atoms with E-state index in [1.54, 1.807) is 0 Å². The second kappa shape index (κ2) is 6.94. The summed E-state index contributed by atoms with van der Waals surface area (Å²) < 4.78 is 5.87. The van der Waals surface area contributed by atoms with Gasteiger partial charge in [0, 0.05) is 0 Å². The van der Waals surface area contributed by atoms with E-state index < -0.39 is 5.56 Å². The Morgan fingerprint density at radius 1 is 1.04 bits per heavy atom. The summed E-state index contributed by atoms with van der Waals surface area (Å²) in [6.07, 6.45) is 0. The van der Waals surface area contributed by atoms with E-state index in [-0.39, 0.29) is 10.3 Å². The Morgan fingerprint density at radius 3 is 2.42 bits per heavy atom. The third-order valence-electron chi connectivity index (χ3n) is 3.45. The van der Waals surface area contributed by atoms with Gasteiger partial charge in [0.05, 0.1) is 5.69 Å². The Kier molecular flexibility index (Phi) is 4.54. The highest BCUT2D eigenvalue weighted by Gasteiger charge is 2.10. The first-order valence-corrected chi connectivity index (χ1v) is 7.62. The summed E-state index contributed by atoms with van der Waals surface area (Å²) in [5, 5.41) is 9.17. The van der Waals surface area contributed by atoms with Crippen LogP contribution in [-0.2, 0) is 6.61 Å². The summed E-state index contributed by atoms with van der Waals surface area (Å²) in [5.41, 5.74) is 1.63. The van der Waals surface area contributed by atoms with Crippen LogP contribution in [0, 0.1) is 16.1 Å². The molecular formula is C18H13N3O2S. The van der Waals surface area contributed by atoms with Crippen LogP contribution in [0.5, 0.6) is 5.75 Å². The van der Waals surface area contributed by atoms with Gasteiger partial charge in [0.25, 0.3) is 5.56 Å². The molecular weight excluding hydrogens is 322 g/mol. The SMILES string of the molecule is N#Cc1c(-c2ccc(COc3ccccc3)cc2)[nH]c(=S)[nH]c1=O. The smallest absolute Gasteiger partial charge is 0.270 e. The van der Waals surface area contributed by atoms with Gasteiger partial charge in [0.1, 0.15) is 24.0 Å². The fourth-order valence-corrected chi connectivity index (χ4v) is 2.46. The van der Waals surface area contributed by atoms with Crippen molar-refractivity contribution in [3.8, 4) is 23.1 Å². The number of hydrogen-bond acceptors (Lipinski definition) is 4. The van der Waals surface area contributed by atoms with Crippen molar-refractivity contribution in [2.75, 3.05) is 0 Å². The first-order chi connectivity index (χ1) is 11.7. The lowest BCUT2D eigenvalue weighted by molar-refractivity contribution is 0.306. The molecule has 0 aliphatic rings. The highest BCUT2D eigenvalue weighted by Crippen LogP contribution is 2.20. The number of benzene rings is 2. The van der Waals surface area contributed by atoms with Crippen LogP contribution in [0.1, 0.15) is 11.1 Å². The van der Waals surface area contributed by atoms with E-state index in [4.69, 9.17) is 17.0 Å². The van der Waals surface area contributed by atoms with Crippen molar-refractivity contribution in [2.24, 2.45) is 0 Å². The number of H-pyrrole nitrogens is 2. The van der Waals surface area contributed by atoms with Gasteiger partial charge in [-0.3, -0.25) is 9.78 Å². The van der Waals surface area contributed by atoms with E-state index in [0.717, 1.165) is 11.3 Å². The van der Waals surface area contributed by atoms with Crippen LogP contribution in [0.25, 0.3) is 11.3 Å². The largest absolute Gasteiger partial charge is 0.489 e. The maximum Gasteiger partial charge on any atom is 0.270 e. The van der Waals surface area contributed by atoms with Crippen molar-refractivity contribution in [3.63, 3.8) is 0 Å². The maximum atomic E-state index is 11.8. The molecule has 0 bridgehead atoms. The Hall–Kier alpha value is -3.17. The number of aromatic amines is 2. The number of nitrogens with zero attached hydrogens (tertiary/aromatic N) is 1. The molecule has 1 heterocycles. The van der Waals surface area contributed by atoms with Crippen LogP contribution < -0.4 is 10.3 Å². The van der Waals surface area contributed by atoms with Crippen LogP contribution in [0.2, 0.25) is 0 Å². The first kappa shape index (κ1) is 15.7. The fourth-order valence-electron chi connectivity index (χ4n) is 2.26. The topological polar surface area (TPSA) is 81.7 Å². The highest BCUT2D eigenvalue weighted by atomic mass is 32.1. The molecule has 6 heteroatoms. The zero-order chi connectivity index (χ0) is 16.9. The van der Waals surface area contributed by atoms with Crippen molar-refractivity contribution in [1.82, 2.24) is 9.97 Å². The van der Waals surface area contributed by atoms with Gasteiger partial charge < -0.3 is 9.72 Å². The quantitative estimate of drug-likeness (QED) is 0.714. The Labute approximate surface area is 143 Å². The monoisotopic (exact) mass is 335 g/mol. The van der Waals surface area contributed by atoms with Crippen molar-refractivity contribution < 1.29 is 4.74 Å². The molecule has 0 atom stereocenters. The van der Waals surface area contributed by atoms with Gasteiger partial charge in [0.15, 0.2) is 4.77 Å². The van der Waals surface area contributed by atoms with Crippen LogP contribution in [0.15, 0.2) is 59.4 Å². The standard InChI is InChI=1S/C18H13N3O2S/c19-10-15-16(20-18(24)21-17(15)22)13-8-6-12(7-9-13)11-23-14-4-2-1-3-5-14/h1-9H,11H2,(H2,20,21,22,24). The minimum atomic E-state index is -0.493. The zero-order valence-electron chi connectivity index (χ0n) is 12.6. The Bertz CT molecular complexity index is 999. The molecule has 3 rings (SSSR count). The zero-order valence-corrected chi connectivity index (χ0v) is 13.4. The molecule has 3 aromatic rings. The van der Waals surface area contributed by atoms with Gasteiger partial charge in [-0.25, -0.2) is 0 Å². The predicted molar refractivity (Wildman–Crippen MR) is 93.2 cm³/mol. The normalized spacial score (nSPS) is 10.1. The molecule has 5 nitrogen and oxygen atoms in total.